The van der Waals surface area contributed by atoms with E-state index in [4.69, 9.17) is 11.6 Å². The van der Waals surface area contributed by atoms with Crippen molar-refractivity contribution in [2.24, 2.45) is 0 Å². The summed E-state index contributed by atoms with van der Waals surface area (Å²) in [5.41, 5.74) is 1.96. The third-order valence-corrected chi connectivity index (χ3v) is 4.07. The van der Waals surface area contributed by atoms with Crippen LogP contribution in [0.3, 0.4) is 0 Å². The number of thiol groups is 1. The lowest BCUT2D eigenvalue weighted by atomic mass is 10.1. The SMILES string of the molecule is C/C(=C1\SC(S)NC1=O)c1ccc(Cl)cc1. The first-order chi connectivity index (χ1) is 7.58. The first kappa shape index (κ1) is 11.9. The number of benzene rings is 1. The largest absolute Gasteiger partial charge is 0.331 e. The molecule has 2 rings (SSSR count). The van der Waals surface area contributed by atoms with Gasteiger partial charge in [0.1, 0.15) is 4.71 Å². The van der Waals surface area contributed by atoms with Crippen LogP contribution in [0.15, 0.2) is 29.2 Å². The molecule has 0 spiro atoms. The minimum Gasteiger partial charge on any atom is -0.331 e. The van der Waals surface area contributed by atoms with Crippen LogP contribution < -0.4 is 5.32 Å². The van der Waals surface area contributed by atoms with Crippen molar-refractivity contribution < 1.29 is 4.79 Å². The fourth-order valence-electron chi connectivity index (χ4n) is 1.46. The Morgan fingerprint density at radius 2 is 2.06 bits per heavy atom. The number of hydrogen-bond donors (Lipinski definition) is 2. The molecule has 1 unspecified atom stereocenters. The summed E-state index contributed by atoms with van der Waals surface area (Å²) in [5, 5.41) is 3.42. The molecule has 84 valence electrons. The average Bonchev–Trinajstić information content (AvgIpc) is 2.58. The maximum atomic E-state index is 11.6. The molecule has 16 heavy (non-hydrogen) atoms. The van der Waals surface area contributed by atoms with E-state index in [2.05, 4.69) is 17.9 Å². The van der Waals surface area contributed by atoms with Crippen molar-refractivity contribution in [2.45, 2.75) is 11.6 Å². The number of amides is 1. The minimum absolute atomic E-state index is 0.0579. The fraction of sp³-hybridized carbons (Fsp3) is 0.182. The second-order valence-corrected chi connectivity index (χ2v) is 5.82. The average molecular weight is 272 g/mol. The van der Waals surface area contributed by atoms with Crippen LogP contribution in [0, 0.1) is 0 Å². The van der Waals surface area contributed by atoms with Crippen LogP contribution in [0.5, 0.6) is 0 Å². The predicted molar refractivity (Wildman–Crippen MR) is 72.6 cm³/mol. The lowest BCUT2D eigenvalue weighted by molar-refractivity contribution is -0.116. The summed E-state index contributed by atoms with van der Waals surface area (Å²) in [7, 11) is 0. The lowest BCUT2D eigenvalue weighted by Gasteiger charge is -2.04. The van der Waals surface area contributed by atoms with Crippen molar-refractivity contribution in [1.29, 1.82) is 0 Å². The highest BCUT2D eigenvalue weighted by molar-refractivity contribution is 8.14. The number of thioether (sulfide) groups is 1. The molecule has 1 fully saturated rings. The van der Waals surface area contributed by atoms with E-state index in [1.165, 1.54) is 11.8 Å². The number of hydrogen-bond acceptors (Lipinski definition) is 3. The van der Waals surface area contributed by atoms with Crippen LogP contribution >= 0.6 is 36.0 Å². The molecule has 2 nitrogen and oxygen atoms in total. The highest BCUT2D eigenvalue weighted by Crippen LogP contribution is 2.35. The molecule has 0 aromatic heterocycles. The van der Waals surface area contributed by atoms with Crippen LogP contribution in [0.2, 0.25) is 5.02 Å². The molecule has 1 aromatic rings. The van der Waals surface area contributed by atoms with E-state index in [-0.39, 0.29) is 10.6 Å². The van der Waals surface area contributed by atoms with Crippen LogP contribution in [0.1, 0.15) is 12.5 Å². The van der Waals surface area contributed by atoms with Crippen LogP contribution in [-0.2, 0) is 4.79 Å². The van der Waals surface area contributed by atoms with Crippen molar-refractivity contribution >= 4 is 47.5 Å². The Bertz CT molecular complexity index is 456. The van der Waals surface area contributed by atoms with E-state index in [9.17, 15) is 4.79 Å². The number of nitrogens with one attached hydrogen (secondary N) is 1. The van der Waals surface area contributed by atoms with Gasteiger partial charge in [-0.3, -0.25) is 4.79 Å². The predicted octanol–water partition coefficient (Wildman–Crippen LogP) is 3.15. The summed E-state index contributed by atoms with van der Waals surface area (Å²) in [6, 6.07) is 7.45. The van der Waals surface area contributed by atoms with Gasteiger partial charge in [-0.25, -0.2) is 0 Å². The molecule has 1 saturated heterocycles. The van der Waals surface area contributed by atoms with Crippen molar-refractivity contribution in [3.63, 3.8) is 0 Å². The van der Waals surface area contributed by atoms with Gasteiger partial charge < -0.3 is 5.32 Å². The molecule has 5 heteroatoms. The summed E-state index contributed by atoms with van der Waals surface area (Å²) in [5.74, 6) is -0.0579. The molecule has 1 N–H and O–H groups in total. The summed E-state index contributed by atoms with van der Waals surface area (Å²) < 4.78 is -0.148. The van der Waals surface area contributed by atoms with Gasteiger partial charge in [-0.1, -0.05) is 35.5 Å². The zero-order valence-electron chi connectivity index (χ0n) is 8.53. The molecule has 1 amide bonds. The Morgan fingerprint density at radius 3 is 2.56 bits per heavy atom. The third-order valence-electron chi connectivity index (χ3n) is 2.31. The van der Waals surface area contributed by atoms with E-state index >= 15 is 0 Å². The van der Waals surface area contributed by atoms with Crippen LogP contribution in [0.4, 0.5) is 0 Å². The Labute approximate surface area is 109 Å². The number of allylic oxidation sites excluding steroid dienone is 1. The van der Waals surface area contributed by atoms with Crippen LogP contribution in [0.25, 0.3) is 5.57 Å². The number of halogens is 1. The summed E-state index contributed by atoms with van der Waals surface area (Å²) in [6.45, 7) is 1.93. The second kappa shape index (κ2) is 4.73. The van der Waals surface area contributed by atoms with Crippen molar-refractivity contribution in [2.75, 3.05) is 0 Å². The molecule has 0 saturated carbocycles. The van der Waals surface area contributed by atoms with Gasteiger partial charge in [-0.05, 0) is 30.2 Å². The maximum Gasteiger partial charge on any atom is 0.259 e. The standard InChI is InChI=1S/C11H10ClNOS2/c1-6(7-2-4-8(12)5-3-7)9-10(14)13-11(15)16-9/h2-5,11,15H,1H3,(H,13,14)/b9-6+. The Kier molecular flexibility index (Phi) is 3.52. The molecule has 1 aromatic carbocycles. The molecule has 1 atom stereocenters. The zero-order chi connectivity index (χ0) is 11.7. The highest BCUT2D eigenvalue weighted by Gasteiger charge is 2.26. The normalized spacial score (nSPS) is 23.2. The number of carbonyl (C=O) groups excluding carboxylic acids is 1. The smallest absolute Gasteiger partial charge is 0.259 e. The lowest BCUT2D eigenvalue weighted by Crippen LogP contribution is -2.19. The molecule has 0 radical (unpaired) electrons. The highest BCUT2D eigenvalue weighted by atomic mass is 35.5. The number of carbonyl (C=O) groups is 1. The molecule has 1 aliphatic rings. The Hall–Kier alpha value is -0.580. The fourth-order valence-corrected chi connectivity index (χ4v) is 2.87. The monoisotopic (exact) mass is 271 g/mol. The minimum atomic E-state index is -0.148. The van der Waals surface area contributed by atoms with Gasteiger partial charge in [0.25, 0.3) is 5.91 Å². The van der Waals surface area contributed by atoms with E-state index < -0.39 is 0 Å². The molecule has 0 bridgehead atoms. The third kappa shape index (κ3) is 2.39. The van der Waals surface area contributed by atoms with Gasteiger partial charge in [0, 0.05) is 5.02 Å². The van der Waals surface area contributed by atoms with Crippen molar-refractivity contribution in [3.8, 4) is 0 Å². The molecular formula is C11H10ClNOS2. The maximum absolute atomic E-state index is 11.6. The first-order valence-corrected chi connectivity index (χ1v) is 6.48. The van der Waals surface area contributed by atoms with Gasteiger partial charge >= 0.3 is 0 Å². The quantitative estimate of drug-likeness (QED) is 0.607. The summed E-state index contributed by atoms with van der Waals surface area (Å²) >= 11 is 11.5. The Morgan fingerprint density at radius 1 is 1.44 bits per heavy atom. The van der Waals surface area contributed by atoms with Crippen molar-refractivity contribution in [3.05, 3.63) is 39.8 Å². The van der Waals surface area contributed by atoms with Gasteiger partial charge in [0.15, 0.2) is 0 Å². The Balaban J connectivity index is 2.37. The molecular weight excluding hydrogens is 262 g/mol. The van der Waals surface area contributed by atoms with Gasteiger partial charge in [0.2, 0.25) is 0 Å². The molecule has 0 aliphatic carbocycles. The van der Waals surface area contributed by atoms with E-state index in [0.717, 1.165) is 16.0 Å². The second-order valence-electron chi connectivity index (χ2n) is 3.40. The van der Waals surface area contributed by atoms with Crippen LogP contribution in [-0.4, -0.2) is 10.6 Å². The van der Waals surface area contributed by atoms with E-state index in [1.54, 1.807) is 0 Å². The van der Waals surface area contributed by atoms with Gasteiger partial charge in [0.05, 0.1) is 4.91 Å². The van der Waals surface area contributed by atoms with Crippen molar-refractivity contribution in [1.82, 2.24) is 5.32 Å². The zero-order valence-corrected chi connectivity index (χ0v) is 11.0. The van der Waals surface area contributed by atoms with E-state index in [0.29, 0.717) is 5.02 Å². The topological polar surface area (TPSA) is 29.1 Å². The van der Waals surface area contributed by atoms with Gasteiger partial charge in [-0.2, -0.15) is 0 Å². The van der Waals surface area contributed by atoms with Gasteiger partial charge in [-0.15, -0.1) is 12.6 Å². The molecule has 1 heterocycles. The first-order valence-electron chi connectivity index (χ1n) is 4.70. The summed E-state index contributed by atoms with van der Waals surface area (Å²) in [4.78, 5) is 12.3. The van der Waals surface area contributed by atoms with E-state index in [1.807, 2.05) is 31.2 Å². The molecule has 1 aliphatic heterocycles. The number of rotatable bonds is 1. The summed E-state index contributed by atoms with van der Waals surface area (Å²) in [6.07, 6.45) is 0.